The summed E-state index contributed by atoms with van der Waals surface area (Å²) in [7, 11) is 0. The number of hydrogen-bond donors (Lipinski definition) is 1. The van der Waals surface area contributed by atoms with E-state index in [1.165, 1.54) is 12.1 Å². The fourth-order valence-electron chi connectivity index (χ4n) is 1.96. The lowest BCUT2D eigenvalue weighted by molar-refractivity contribution is 0.340. The van der Waals surface area contributed by atoms with Crippen molar-refractivity contribution in [3.63, 3.8) is 0 Å². The van der Waals surface area contributed by atoms with Gasteiger partial charge < -0.3 is 10.5 Å². The van der Waals surface area contributed by atoms with Crippen LogP contribution < -0.4 is 10.5 Å². The second kappa shape index (κ2) is 6.33. The molecule has 0 fully saturated rings. The second-order valence-electron chi connectivity index (χ2n) is 4.26. The van der Waals surface area contributed by atoms with Gasteiger partial charge in [-0.1, -0.05) is 28.1 Å². The molecule has 1 unspecified atom stereocenters. The smallest absolute Gasteiger partial charge is 0.132 e. The van der Waals surface area contributed by atoms with Crippen molar-refractivity contribution in [1.29, 1.82) is 0 Å². The predicted molar refractivity (Wildman–Crippen MR) is 77.7 cm³/mol. The molecular formula is C15H14BrF2NO. The molecule has 0 aliphatic carbocycles. The summed E-state index contributed by atoms with van der Waals surface area (Å²) in [6, 6.07) is 8.41. The van der Waals surface area contributed by atoms with E-state index in [-0.39, 0.29) is 5.56 Å². The molecular weight excluding hydrogens is 328 g/mol. The van der Waals surface area contributed by atoms with E-state index in [9.17, 15) is 8.78 Å². The molecule has 0 heterocycles. The minimum atomic E-state index is -0.862. The van der Waals surface area contributed by atoms with Crippen molar-refractivity contribution < 1.29 is 13.5 Å². The van der Waals surface area contributed by atoms with Crippen LogP contribution in [0.4, 0.5) is 8.78 Å². The van der Waals surface area contributed by atoms with Crippen LogP contribution >= 0.6 is 15.9 Å². The van der Waals surface area contributed by atoms with E-state index in [1.54, 1.807) is 24.3 Å². The number of benzene rings is 2. The molecule has 5 heteroatoms. The lowest BCUT2D eigenvalue weighted by Gasteiger charge is -2.15. The van der Waals surface area contributed by atoms with Gasteiger partial charge in [0.25, 0.3) is 0 Å². The highest BCUT2D eigenvalue weighted by molar-refractivity contribution is 9.10. The first-order chi connectivity index (χ1) is 9.52. The third-order valence-electron chi connectivity index (χ3n) is 2.91. The summed E-state index contributed by atoms with van der Waals surface area (Å²) in [6.07, 6.45) is 0. The Kier molecular flexibility index (Phi) is 4.73. The molecule has 0 aliphatic rings. The Bertz CT molecular complexity index is 578. The van der Waals surface area contributed by atoms with Gasteiger partial charge in [-0.2, -0.15) is 0 Å². The normalized spacial score (nSPS) is 12.2. The lowest BCUT2D eigenvalue weighted by Crippen LogP contribution is -2.15. The number of ether oxygens (including phenoxy) is 1. The lowest BCUT2D eigenvalue weighted by atomic mass is 9.98. The topological polar surface area (TPSA) is 35.2 Å². The Balaban J connectivity index is 2.33. The molecule has 0 bridgehead atoms. The minimum absolute atomic E-state index is 0.141. The molecule has 0 saturated carbocycles. The zero-order chi connectivity index (χ0) is 14.7. The van der Waals surface area contributed by atoms with Crippen molar-refractivity contribution in [1.82, 2.24) is 0 Å². The number of hydrogen-bond acceptors (Lipinski definition) is 2. The third kappa shape index (κ3) is 3.16. The van der Waals surface area contributed by atoms with Gasteiger partial charge in [-0.15, -0.1) is 0 Å². The molecule has 106 valence electrons. The molecule has 0 aliphatic heterocycles. The summed E-state index contributed by atoms with van der Waals surface area (Å²) in [5.74, 6) is -0.642. The average molecular weight is 342 g/mol. The molecule has 0 spiro atoms. The van der Waals surface area contributed by atoms with Gasteiger partial charge in [0, 0.05) is 10.0 Å². The molecule has 0 radical (unpaired) electrons. The number of nitrogens with two attached hydrogens (primary N) is 1. The maximum Gasteiger partial charge on any atom is 0.132 e. The highest BCUT2D eigenvalue weighted by atomic mass is 79.9. The van der Waals surface area contributed by atoms with Gasteiger partial charge in [-0.25, -0.2) is 8.78 Å². The highest BCUT2D eigenvalue weighted by Gasteiger charge is 2.19. The number of rotatable bonds is 4. The van der Waals surface area contributed by atoms with Crippen molar-refractivity contribution >= 4 is 15.9 Å². The van der Waals surface area contributed by atoms with E-state index in [0.717, 1.165) is 0 Å². The van der Waals surface area contributed by atoms with E-state index < -0.39 is 17.7 Å². The monoisotopic (exact) mass is 341 g/mol. The second-order valence-corrected chi connectivity index (χ2v) is 5.18. The van der Waals surface area contributed by atoms with E-state index >= 15 is 0 Å². The zero-order valence-electron chi connectivity index (χ0n) is 10.9. The predicted octanol–water partition coefficient (Wildman–Crippen LogP) is 4.17. The van der Waals surface area contributed by atoms with Crippen molar-refractivity contribution in [2.24, 2.45) is 5.73 Å². The van der Waals surface area contributed by atoms with Gasteiger partial charge in [-0.05, 0) is 36.8 Å². The summed E-state index contributed by atoms with van der Waals surface area (Å²) in [5.41, 5.74) is 6.43. The van der Waals surface area contributed by atoms with Gasteiger partial charge in [0.1, 0.15) is 17.4 Å². The van der Waals surface area contributed by atoms with Crippen molar-refractivity contribution in [3.05, 3.63) is 63.6 Å². The first kappa shape index (κ1) is 14.9. The maximum absolute atomic E-state index is 13.9. The first-order valence-corrected chi connectivity index (χ1v) is 6.95. The quantitative estimate of drug-likeness (QED) is 0.905. The Morgan fingerprint density at radius 3 is 2.20 bits per heavy atom. The third-order valence-corrected chi connectivity index (χ3v) is 3.36. The Labute approximate surface area is 124 Å². The average Bonchev–Trinajstić information content (AvgIpc) is 2.38. The minimum Gasteiger partial charge on any atom is -0.494 e. The fraction of sp³-hybridized carbons (Fsp3) is 0.200. The Morgan fingerprint density at radius 2 is 1.70 bits per heavy atom. The van der Waals surface area contributed by atoms with Gasteiger partial charge in [0.15, 0.2) is 0 Å². The van der Waals surface area contributed by atoms with Crippen molar-refractivity contribution in [3.8, 4) is 5.75 Å². The standard InChI is InChI=1S/C15H14BrF2NO/c1-2-20-11-5-3-9(4-6-11)15(19)14-12(17)7-10(16)8-13(14)18/h3-8,15H,2,19H2,1H3. The first-order valence-electron chi connectivity index (χ1n) is 6.15. The summed E-state index contributed by atoms with van der Waals surface area (Å²) in [5, 5.41) is 0. The fourth-order valence-corrected chi connectivity index (χ4v) is 2.36. The molecule has 0 amide bonds. The number of halogens is 3. The molecule has 2 rings (SSSR count). The van der Waals surface area contributed by atoms with Crippen LogP contribution in [0, 0.1) is 11.6 Å². The molecule has 2 nitrogen and oxygen atoms in total. The van der Waals surface area contributed by atoms with Gasteiger partial charge in [-0.3, -0.25) is 0 Å². The van der Waals surface area contributed by atoms with E-state index in [0.29, 0.717) is 22.4 Å². The summed E-state index contributed by atoms with van der Waals surface area (Å²) in [6.45, 7) is 2.44. The molecule has 20 heavy (non-hydrogen) atoms. The summed E-state index contributed by atoms with van der Waals surface area (Å²) < 4.78 is 33.4. The van der Waals surface area contributed by atoms with Crippen LogP contribution in [0.1, 0.15) is 24.1 Å². The van der Waals surface area contributed by atoms with Crippen LogP contribution in [0.25, 0.3) is 0 Å². The largest absolute Gasteiger partial charge is 0.494 e. The van der Waals surface area contributed by atoms with Crippen molar-refractivity contribution in [2.45, 2.75) is 13.0 Å². The van der Waals surface area contributed by atoms with Crippen LogP contribution in [0.15, 0.2) is 40.9 Å². The molecule has 2 aromatic carbocycles. The Morgan fingerprint density at radius 1 is 1.15 bits per heavy atom. The Hall–Kier alpha value is -1.46. The maximum atomic E-state index is 13.9. The summed E-state index contributed by atoms with van der Waals surface area (Å²) >= 11 is 3.04. The van der Waals surface area contributed by atoms with Gasteiger partial charge in [0.05, 0.1) is 12.6 Å². The van der Waals surface area contributed by atoms with Crippen LogP contribution in [0.3, 0.4) is 0 Å². The van der Waals surface area contributed by atoms with Crippen molar-refractivity contribution in [2.75, 3.05) is 6.61 Å². The highest BCUT2D eigenvalue weighted by Crippen LogP contribution is 2.28. The molecule has 0 saturated heterocycles. The molecule has 2 aromatic rings. The SMILES string of the molecule is CCOc1ccc(C(N)c2c(F)cc(Br)cc2F)cc1. The van der Waals surface area contributed by atoms with E-state index in [1.807, 2.05) is 6.92 Å². The van der Waals surface area contributed by atoms with Crippen LogP contribution in [0.2, 0.25) is 0 Å². The molecule has 0 aromatic heterocycles. The van der Waals surface area contributed by atoms with Crippen LogP contribution in [0.5, 0.6) is 5.75 Å². The molecule has 2 N–H and O–H groups in total. The zero-order valence-corrected chi connectivity index (χ0v) is 12.5. The molecule has 1 atom stereocenters. The van der Waals surface area contributed by atoms with E-state index in [4.69, 9.17) is 10.5 Å². The van der Waals surface area contributed by atoms with Crippen LogP contribution in [-0.4, -0.2) is 6.61 Å². The van der Waals surface area contributed by atoms with Gasteiger partial charge >= 0.3 is 0 Å². The van der Waals surface area contributed by atoms with Crippen LogP contribution in [-0.2, 0) is 0 Å². The van der Waals surface area contributed by atoms with Gasteiger partial charge in [0.2, 0.25) is 0 Å². The summed E-state index contributed by atoms with van der Waals surface area (Å²) in [4.78, 5) is 0. The van der Waals surface area contributed by atoms with E-state index in [2.05, 4.69) is 15.9 Å².